The average Bonchev–Trinajstić information content (AvgIpc) is 2.50. The molecule has 0 saturated carbocycles. The third-order valence-corrected chi connectivity index (χ3v) is 3.52. The molecule has 0 spiro atoms. The number of allylic oxidation sites excluding steroid dienone is 1. The van der Waals surface area contributed by atoms with Gasteiger partial charge in [0.2, 0.25) is 5.91 Å². The normalized spacial score (nSPS) is 36.4. The fourth-order valence-corrected chi connectivity index (χ4v) is 2.61. The Morgan fingerprint density at radius 1 is 1.53 bits per heavy atom. The van der Waals surface area contributed by atoms with Crippen LogP contribution in [0.5, 0.6) is 0 Å². The molecule has 2 bridgehead atoms. The van der Waals surface area contributed by atoms with Crippen molar-refractivity contribution in [1.82, 2.24) is 9.80 Å². The van der Waals surface area contributed by atoms with E-state index in [2.05, 4.69) is 22.0 Å². The molecular weight excluding hydrogens is 214 g/mol. The topological polar surface area (TPSA) is 49.6 Å². The maximum atomic E-state index is 11.3. The molecule has 3 aliphatic rings. The van der Waals surface area contributed by atoms with E-state index in [4.69, 9.17) is 7.10 Å². The first-order valence-corrected chi connectivity index (χ1v) is 5.94. The number of nitrogens with zero attached hydrogens (tertiary/aromatic N) is 2. The van der Waals surface area contributed by atoms with Crippen molar-refractivity contribution >= 4 is 5.91 Å². The molecule has 3 rings (SSSR count). The van der Waals surface area contributed by atoms with E-state index in [0.29, 0.717) is 12.0 Å². The van der Waals surface area contributed by atoms with E-state index in [1.54, 1.807) is 0 Å². The molecule has 17 heavy (non-hydrogen) atoms. The van der Waals surface area contributed by atoms with Gasteiger partial charge >= 0.3 is 0 Å². The van der Waals surface area contributed by atoms with Crippen LogP contribution in [0, 0.1) is 0 Å². The summed E-state index contributed by atoms with van der Waals surface area (Å²) in [5.41, 5.74) is 7.17. The molecule has 2 N–H and O–H groups in total. The number of carbonyl (C=O) groups is 1. The fourth-order valence-electron chi connectivity index (χ4n) is 2.61. The molecule has 1 saturated heterocycles. The molecule has 3 unspecified atom stereocenters. The molecule has 4 heteroatoms. The minimum Gasteiger partial charge on any atom is -0.366 e. The molecule has 3 aliphatic heterocycles. The number of rotatable bonds is 1. The van der Waals surface area contributed by atoms with Crippen molar-refractivity contribution < 1.29 is 6.17 Å². The van der Waals surface area contributed by atoms with Gasteiger partial charge in [-0.15, -0.1) is 0 Å². The lowest BCUT2D eigenvalue weighted by Crippen LogP contribution is -2.49. The van der Waals surface area contributed by atoms with Crippen LogP contribution >= 0.6 is 0 Å². The third-order valence-electron chi connectivity index (χ3n) is 3.52. The van der Waals surface area contributed by atoms with Crippen LogP contribution in [0.2, 0.25) is 0 Å². The highest BCUT2D eigenvalue weighted by Crippen LogP contribution is 2.28. The summed E-state index contributed by atoms with van der Waals surface area (Å²) in [7, 11) is 0. The van der Waals surface area contributed by atoms with Crippen LogP contribution in [0.3, 0.4) is 0 Å². The van der Waals surface area contributed by atoms with Crippen LogP contribution in [0.4, 0.5) is 0 Å². The highest BCUT2D eigenvalue weighted by Gasteiger charge is 2.31. The first-order chi connectivity index (χ1) is 8.65. The highest BCUT2D eigenvalue weighted by atomic mass is 16.1. The summed E-state index contributed by atoms with van der Waals surface area (Å²) >= 11 is 0. The summed E-state index contributed by atoms with van der Waals surface area (Å²) in [6.45, 7) is 2.65. The molecule has 0 radical (unpaired) electrons. The summed E-state index contributed by atoms with van der Waals surface area (Å²) in [4.78, 5) is 15.7. The van der Waals surface area contributed by atoms with E-state index in [9.17, 15) is 4.79 Å². The standard InChI is InChI=1S/C13H17N3O/c14-13(17)10-4-5-12-9-15-6-2-1-3-11(8-15)16(12)7-10/h1-2,5,7,11H,3-4,6,8-9H2,(H2,14,17)/i3D. The molecule has 1 amide bonds. The number of hydrogen-bond donors (Lipinski definition) is 1. The van der Waals surface area contributed by atoms with Gasteiger partial charge in [0.15, 0.2) is 0 Å². The van der Waals surface area contributed by atoms with Crippen LogP contribution < -0.4 is 5.73 Å². The Balaban J connectivity index is 1.94. The van der Waals surface area contributed by atoms with Gasteiger partial charge in [-0.2, -0.15) is 0 Å². The van der Waals surface area contributed by atoms with Gasteiger partial charge in [-0.25, -0.2) is 0 Å². The predicted molar refractivity (Wildman–Crippen MR) is 65.8 cm³/mol. The average molecular weight is 232 g/mol. The lowest BCUT2D eigenvalue weighted by atomic mass is 10.0. The van der Waals surface area contributed by atoms with Crippen molar-refractivity contribution in [2.45, 2.75) is 18.9 Å². The summed E-state index contributed by atoms with van der Waals surface area (Å²) in [6.07, 6.45) is 8.27. The minimum atomic E-state index is -0.363. The number of nitrogens with two attached hydrogens (primary N) is 1. The molecular formula is C13H17N3O. The van der Waals surface area contributed by atoms with Crippen LogP contribution in [-0.4, -0.2) is 41.4 Å². The predicted octanol–water partition coefficient (Wildman–Crippen LogP) is 0.589. The summed E-state index contributed by atoms with van der Waals surface area (Å²) in [5, 5.41) is 0. The van der Waals surface area contributed by atoms with Crippen molar-refractivity contribution in [3.05, 3.63) is 35.7 Å². The lowest BCUT2D eigenvalue weighted by Gasteiger charge is -2.43. The van der Waals surface area contributed by atoms with Gasteiger partial charge in [-0.1, -0.05) is 18.2 Å². The molecule has 0 aromatic rings. The zero-order valence-corrected chi connectivity index (χ0v) is 9.67. The van der Waals surface area contributed by atoms with Gasteiger partial charge in [0.05, 0.1) is 0 Å². The number of fused-ring (bicyclic) bond motifs is 4. The Labute approximate surface area is 102 Å². The lowest BCUT2D eigenvalue weighted by molar-refractivity contribution is -0.114. The van der Waals surface area contributed by atoms with Crippen molar-refractivity contribution in [2.75, 3.05) is 19.6 Å². The fraction of sp³-hybridized carbons (Fsp3) is 0.462. The van der Waals surface area contributed by atoms with E-state index >= 15 is 0 Å². The zero-order valence-electron chi connectivity index (χ0n) is 10.7. The van der Waals surface area contributed by atoms with E-state index in [1.807, 2.05) is 12.3 Å². The maximum Gasteiger partial charge on any atom is 0.246 e. The maximum absolute atomic E-state index is 11.3. The summed E-state index contributed by atoms with van der Waals surface area (Å²) in [5.74, 6) is -0.363. The zero-order chi connectivity index (χ0) is 12.7. The van der Waals surface area contributed by atoms with Crippen LogP contribution in [0.15, 0.2) is 35.7 Å². The Morgan fingerprint density at radius 3 is 3.24 bits per heavy atom. The van der Waals surface area contributed by atoms with E-state index < -0.39 is 0 Å². The van der Waals surface area contributed by atoms with Crippen molar-refractivity contribution in [1.29, 1.82) is 0 Å². The van der Waals surface area contributed by atoms with E-state index in [-0.39, 0.29) is 18.3 Å². The number of carbonyl (C=O) groups excluding carboxylic acids is 1. The molecule has 4 nitrogen and oxygen atoms in total. The van der Waals surface area contributed by atoms with Gasteiger partial charge in [0.1, 0.15) is 0 Å². The number of piperazine rings is 1. The molecule has 3 heterocycles. The minimum absolute atomic E-state index is 0.0819. The van der Waals surface area contributed by atoms with Gasteiger partial charge in [0.25, 0.3) is 0 Å². The quantitative estimate of drug-likeness (QED) is 0.673. The summed E-state index contributed by atoms with van der Waals surface area (Å²) < 4.78 is 8.16. The second-order valence-corrected chi connectivity index (χ2v) is 4.71. The van der Waals surface area contributed by atoms with E-state index in [1.165, 1.54) is 5.70 Å². The van der Waals surface area contributed by atoms with Gasteiger partial charge < -0.3 is 10.6 Å². The van der Waals surface area contributed by atoms with Gasteiger partial charge in [-0.05, 0) is 12.8 Å². The molecule has 0 aliphatic carbocycles. The smallest absolute Gasteiger partial charge is 0.246 e. The van der Waals surface area contributed by atoms with Gasteiger partial charge in [-0.3, -0.25) is 9.69 Å². The Hall–Kier alpha value is -1.55. The molecule has 90 valence electrons. The van der Waals surface area contributed by atoms with Crippen molar-refractivity contribution in [3.63, 3.8) is 0 Å². The van der Waals surface area contributed by atoms with Crippen LogP contribution in [0.25, 0.3) is 0 Å². The van der Waals surface area contributed by atoms with Crippen LogP contribution in [-0.2, 0) is 4.79 Å². The molecule has 1 fully saturated rings. The third kappa shape index (κ3) is 1.89. The van der Waals surface area contributed by atoms with Crippen molar-refractivity contribution in [3.8, 4) is 0 Å². The molecule has 3 atom stereocenters. The second-order valence-electron chi connectivity index (χ2n) is 4.71. The molecule has 0 aromatic carbocycles. The first kappa shape index (κ1) is 9.48. The largest absolute Gasteiger partial charge is 0.366 e. The summed E-state index contributed by atoms with van der Waals surface area (Å²) in [6, 6.07) is 0.0819. The van der Waals surface area contributed by atoms with Crippen molar-refractivity contribution in [2.24, 2.45) is 5.73 Å². The Kier molecular flexibility index (Phi) is 2.25. The second kappa shape index (κ2) is 4.04. The SMILES string of the molecule is [2H]C1C=CCN2CC3=CCC(C(N)=O)=CN3C1C2. The number of hydrogen-bond acceptors (Lipinski definition) is 3. The molecule has 0 aromatic heterocycles. The highest BCUT2D eigenvalue weighted by molar-refractivity contribution is 5.92. The van der Waals surface area contributed by atoms with Gasteiger partial charge in [0, 0.05) is 44.5 Å². The first-order valence-electron chi connectivity index (χ1n) is 6.52. The van der Waals surface area contributed by atoms with Crippen LogP contribution in [0.1, 0.15) is 14.2 Å². The Morgan fingerprint density at radius 2 is 2.41 bits per heavy atom. The number of primary amides is 1. The van der Waals surface area contributed by atoms with E-state index in [0.717, 1.165) is 19.6 Å². The number of amides is 1. The Bertz CT molecular complexity index is 469. The monoisotopic (exact) mass is 232 g/mol.